The van der Waals surface area contributed by atoms with Gasteiger partial charge in [0.1, 0.15) is 0 Å². The fourth-order valence-corrected chi connectivity index (χ4v) is 1.31. The van der Waals surface area contributed by atoms with Crippen LogP contribution in [0.1, 0.15) is 10.4 Å². The Kier molecular flexibility index (Phi) is 2.35. The van der Waals surface area contributed by atoms with Gasteiger partial charge in [0.25, 0.3) is 5.91 Å². The lowest BCUT2D eigenvalue weighted by Crippen LogP contribution is -1.94. The molecule has 0 saturated heterocycles. The van der Waals surface area contributed by atoms with Crippen LogP contribution in [0.15, 0.2) is 41.5 Å². The Morgan fingerprint density at radius 2 is 2.20 bits per heavy atom. The largest absolute Gasteiger partial charge is 0.287 e. The summed E-state index contributed by atoms with van der Waals surface area (Å²) in [5.41, 5.74) is 1.16. The molecule has 2 rings (SSSR count). The molecule has 0 bridgehead atoms. The van der Waals surface area contributed by atoms with Gasteiger partial charge in [-0.05, 0) is 24.3 Å². The van der Waals surface area contributed by atoms with Crippen molar-refractivity contribution in [3.05, 3.63) is 42.1 Å². The van der Waals surface area contributed by atoms with Gasteiger partial charge < -0.3 is 0 Å². The number of aliphatic imine (C=N–C) groups is 1. The van der Waals surface area contributed by atoms with Crippen molar-refractivity contribution in [2.45, 2.75) is 0 Å². The number of fused-ring (bicyclic) bond motifs is 1. The second-order valence-corrected chi connectivity index (χ2v) is 2.92. The van der Waals surface area contributed by atoms with Crippen LogP contribution in [0.25, 0.3) is 10.9 Å². The van der Waals surface area contributed by atoms with Gasteiger partial charge in [-0.1, -0.05) is 6.07 Å². The molecule has 0 saturated carbocycles. The molecule has 2 aromatic rings. The molecule has 1 aromatic heterocycles. The standard InChI is InChI=1S/C11H6N2O2/c14-7-13-11(15)9-3-4-10-8(6-9)2-1-5-12-10/h1-6H. The van der Waals surface area contributed by atoms with Gasteiger partial charge in [-0.25, -0.2) is 4.79 Å². The monoisotopic (exact) mass is 198 g/mol. The molecule has 72 valence electrons. The molecule has 0 unspecified atom stereocenters. The molecule has 1 heterocycles. The number of hydrogen-bond donors (Lipinski definition) is 0. The van der Waals surface area contributed by atoms with Crippen LogP contribution in [0.4, 0.5) is 0 Å². The molecule has 0 atom stereocenters. The molecule has 0 fully saturated rings. The lowest BCUT2D eigenvalue weighted by Gasteiger charge is -1.97. The van der Waals surface area contributed by atoms with Crippen LogP contribution in [-0.4, -0.2) is 17.0 Å². The number of rotatable bonds is 1. The van der Waals surface area contributed by atoms with Crippen molar-refractivity contribution >= 4 is 22.9 Å². The minimum atomic E-state index is -0.587. The van der Waals surface area contributed by atoms with E-state index in [1.54, 1.807) is 30.5 Å². The van der Waals surface area contributed by atoms with E-state index < -0.39 is 5.91 Å². The molecule has 0 aliphatic heterocycles. The Balaban J connectivity index is 2.56. The summed E-state index contributed by atoms with van der Waals surface area (Å²) in [4.78, 5) is 28.3. The molecule has 15 heavy (non-hydrogen) atoms. The van der Waals surface area contributed by atoms with Gasteiger partial charge in [0.2, 0.25) is 6.08 Å². The van der Waals surface area contributed by atoms with E-state index in [1.807, 2.05) is 6.07 Å². The van der Waals surface area contributed by atoms with E-state index in [4.69, 9.17) is 0 Å². The predicted octanol–water partition coefficient (Wildman–Crippen LogP) is 1.71. The fraction of sp³-hybridized carbons (Fsp3) is 0. The number of aromatic nitrogens is 1. The normalized spacial score (nSPS) is 9.60. The zero-order valence-corrected chi connectivity index (χ0v) is 7.68. The molecule has 1 aromatic carbocycles. The average Bonchev–Trinajstić information content (AvgIpc) is 2.29. The Morgan fingerprint density at radius 1 is 1.33 bits per heavy atom. The van der Waals surface area contributed by atoms with Gasteiger partial charge in [-0.15, -0.1) is 4.99 Å². The smallest absolute Gasteiger partial charge is 0.266 e. The third-order valence-electron chi connectivity index (χ3n) is 2.00. The highest BCUT2D eigenvalue weighted by molar-refractivity contribution is 6.00. The Morgan fingerprint density at radius 3 is 3.00 bits per heavy atom. The maximum atomic E-state index is 11.2. The summed E-state index contributed by atoms with van der Waals surface area (Å²) in [5, 5.41) is 0.837. The van der Waals surface area contributed by atoms with E-state index in [-0.39, 0.29) is 0 Å². The van der Waals surface area contributed by atoms with Crippen molar-refractivity contribution < 1.29 is 9.59 Å². The Hall–Kier alpha value is -2.32. The van der Waals surface area contributed by atoms with Gasteiger partial charge in [-0.3, -0.25) is 9.78 Å². The van der Waals surface area contributed by atoms with Crippen molar-refractivity contribution in [3.63, 3.8) is 0 Å². The molecule has 4 nitrogen and oxygen atoms in total. The highest BCUT2D eigenvalue weighted by Gasteiger charge is 2.04. The van der Waals surface area contributed by atoms with Crippen LogP contribution in [0, 0.1) is 0 Å². The number of hydrogen-bond acceptors (Lipinski definition) is 3. The van der Waals surface area contributed by atoms with Gasteiger partial charge >= 0.3 is 0 Å². The topological polar surface area (TPSA) is 59.4 Å². The third kappa shape index (κ3) is 1.80. The number of pyridine rings is 1. The molecule has 4 heteroatoms. The van der Waals surface area contributed by atoms with Gasteiger partial charge in [0, 0.05) is 17.1 Å². The van der Waals surface area contributed by atoms with Crippen molar-refractivity contribution in [3.8, 4) is 0 Å². The first-order chi connectivity index (χ1) is 7.31. The van der Waals surface area contributed by atoms with Crippen LogP contribution in [0.5, 0.6) is 0 Å². The minimum Gasteiger partial charge on any atom is -0.266 e. The number of isocyanates is 1. The van der Waals surface area contributed by atoms with Crippen LogP contribution in [0.3, 0.4) is 0 Å². The zero-order chi connectivity index (χ0) is 10.7. The van der Waals surface area contributed by atoms with Crippen LogP contribution in [0.2, 0.25) is 0 Å². The molecule has 1 amide bonds. The molecule has 0 aliphatic rings. The lowest BCUT2D eigenvalue weighted by molar-refractivity contribution is 0.100. The maximum Gasteiger partial charge on any atom is 0.287 e. The van der Waals surface area contributed by atoms with E-state index in [0.29, 0.717) is 5.56 Å². The average molecular weight is 198 g/mol. The number of carbonyl (C=O) groups is 1. The SMILES string of the molecule is O=C=NC(=O)c1ccc2ncccc2c1. The summed E-state index contributed by atoms with van der Waals surface area (Å²) in [6.07, 6.45) is 2.90. The summed E-state index contributed by atoms with van der Waals surface area (Å²) in [5.74, 6) is -0.587. The molecule has 0 spiro atoms. The van der Waals surface area contributed by atoms with Crippen molar-refractivity contribution in [2.75, 3.05) is 0 Å². The fourth-order valence-electron chi connectivity index (χ4n) is 1.31. The van der Waals surface area contributed by atoms with Crippen molar-refractivity contribution in [1.29, 1.82) is 0 Å². The van der Waals surface area contributed by atoms with E-state index in [0.717, 1.165) is 10.9 Å². The van der Waals surface area contributed by atoms with Gasteiger partial charge in [0.15, 0.2) is 0 Å². The second-order valence-electron chi connectivity index (χ2n) is 2.92. The number of benzene rings is 1. The van der Waals surface area contributed by atoms with Crippen molar-refractivity contribution in [1.82, 2.24) is 4.98 Å². The Labute approximate surface area is 85.3 Å². The van der Waals surface area contributed by atoms with E-state index >= 15 is 0 Å². The second kappa shape index (κ2) is 3.82. The van der Waals surface area contributed by atoms with E-state index in [1.165, 1.54) is 6.08 Å². The molecular weight excluding hydrogens is 192 g/mol. The number of carbonyl (C=O) groups excluding carboxylic acids is 2. The summed E-state index contributed by atoms with van der Waals surface area (Å²) in [6.45, 7) is 0. The van der Waals surface area contributed by atoms with Crippen LogP contribution < -0.4 is 0 Å². The van der Waals surface area contributed by atoms with Gasteiger partial charge in [-0.2, -0.15) is 0 Å². The molecular formula is C11H6N2O2. The molecule has 0 N–H and O–H groups in total. The van der Waals surface area contributed by atoms with E-state index in [9.17, 15) is 9.59 Å². The molecule has 0 radical (unpaired) electrons. The zero-order valence-electron chi connectivity index (χ0n) is 7.68. The maximum absolute atomic E-state index is 11.2. The lowest BCUT2D eigenvalue weighted by atomic mass is 10.1. The summed E-state index contributed by atoms with van der Waals surface area (Å²) >= 11 is 0. The number of amides is 1. The van der Waals surface area contributed by atoms with E-state index in [2.05, 4.69) is 9.98 Å². The minimum absolute atomic E-state index is 0.360. The first-order valence-corrected chi connectivity index (χ1v) is 4.28. The summed E-state index contributed by atoms with van der Waals surface area (Å²) in [6, 6.07) is 8.55. The quantitative estimate of drug-likeness (QED) is 0.517. The van der Waals surface area contributed by atoms with Crippen LogP contribution >= 0.6 is 0 Å². The highest BCUT2D eigenvalue weighted by atomic mass is 16.2. The van der Waals surface area contributed by atoms with Gasteiger partial charge in [0.05, 0.1) is 5.52 Å². The molecule has 0 aliphatic carbocycles. The first kappa shape index (κ1) is 9.24. The van der Waals surface area contributed by atoms with Crippen molar-refractivity contribution in [2.24, 2.45) is 4.99 Å². The summed E-state index contributed by atoms with van der Waals surface area (Å²) < 4.78 is 0. The number of nitrogens with zero attached hydrogens (tertiary/aromatic N) is 2. The highest BCUT2D eigenvalue weighted by Crippen LogP contribution is 2.13. The third-order valence-corrected chi connectivity index (χ3v) is 2.00. The Bertz CT molecular complexity index is 572. The first-order valence-electron chi connectivity index (χ1n) is 4.28. The predicted molar refractivity (Wildman–Crippen MR) is 54.2 cm³/mol. The summed E-state index contributed by atoms with van der Waals surface area (Å²) in [7, 11) is 0. The van der Waals surface area contributed by atoms with Crippen LogP contribution in [-0.2, 0) is 4.79 Å².